The molecule has 0 saturated heterocycles. The summed E-state index contributed by atoms with van der Waals surface area (Å²) in [5, 5.41) is 4.33. The third kappa shape index (κ3) is 3.62. The predicted octanol–water partition coefficient (Wildman–Crippen LogP) is 5.38. The topological polar surface area (TPSA) is 12.0 Å². The van der Waals surface area contributed by atoms with Crippen LogP contribution >= 0.6 is 11.6 Å². The summed E-state index contributed by atoms with van der Waals surface area (Å²) in [4.78, 5) is 0. The fraction of sp³-hybridized carbons (Fsp3) is 0.176. The largest absolute Gasteiger partial charge is 0.378 e. The van der Waals surface area contributed by atoms with E-state index < -0.39 is 0 Å². The number of hydrogen-bond acceptors (Lipinski definition) is 1. The molecule has 0 saturated carbocycles. The van der Waals surface area contributed by atoms with Gasteiger partial charge in [0.15, 0.2) is 0 Å². The van der Waals surface area contributed by atoms with Crippen LogP contribution in [-0.2, 0) is 0 Å². The summed E-state index contributed by atoms with van der Waals surface area (Å²) in [5.41, 5.74) is 3.61. The standard InChI is InChI=1S/C17H18ClN/c1-3-6-17(14-9-11-15(18)12-10-14)19-16-8-5-4-7-13(16)2/h3-5,7-12,17,19H,1,6H2,2H3. The van der Waals surface area contributed by atoms with Gasteiger partial charge in [0, 0.05) is 10.7 Å². The Kier molecular flexibility index (Phi) is 4.64. The second-order valence-corrected chi connectivity index (χ2v) is 5.02. The lowest BCUT2D eigenvalue weighted by Crippen LogP contribution is -2.10. The van der Waals surface area contributed by atoms with Crippen LogP contribution in [0.4, 0.5) is 5.69 Å². The highest BCUT2D eigenvalue weighted by Crippen LogP contribution is 2.26. The van der Waals surface area contributed by atoms with Crippen LogP contribution in [0.2, 0.25) is 5.02 Å². The van der Waals surface area contributed by atoms with Crippen molar-refractivity contribution in [1.82, 2.24) is 0 Å². The summed E-state index contributed by atoms with van der Waals surface area (Å²) in [7, 11) is 0. The molecule has 1 N–H and O–H groups in total. The highest BCUT2D eigenvalue weighted by molar-refractivity contribution is 6.30. The lowest BCUT2D eigenvalue weighted by atomic mass is 10.0. The first kappa shape index (κ1) is 13.7. The Hall–Kier alpha value is -1.73. The quantitative estimate of drug-likeness (QED) is 0.720. The summed E-state index contributed by atoms with van der Waals surface area (Å²) in [5.74, 6) is 0. The van der Waals surface area contributed by atoms with Crippen molar-refractivity contribution in [2.24, 2.45) is 0 Å². The molecule has 0 amide bonds. The Bertz CT molecular complexity index is 545. The van der Waals surface area contributed by atoms with Crippen molar-refractivity contribution < 1.29 is 0 Å². The molecule has 2 aromatic rings. The number of anilines is 1. The molecule has 2 heteroatoms. The van der Waals surface area contributed by atoms with Gasteiger partial charge in [0.1, 0.15) is 0 Å². The van der Waals surface area contributed by atoms with Crippen molar-refractivity contribution in [1.29, 1.82) is 0 Å². The third-order valence-electron chi connectivity index (χ3n) is 3.15. The molecule has 0 heterocycles. The summed E-state index contributed by atoms with van der Waals surface area (Å²) in [6.45, 7) is 5.95. The Labute approximate surface area is 119 Å². The van der Waals surface area contributed by atoms with Crippen molar-refractivity contribution in [2.75, 3.05) is 5.32 Å². The van der Waals surface area contributed by atoms with E-state index in [1.54, 1.807) is 0 Å². The monoisotopic (exact) mass is 271 g/mol. The highest BCUT2D eigenvalue weighted by atomic mass is 35.5. The van der Waals surface area contributed by atoms with E-state index in [9.17, 15) is 0 Å². The number of hydrogen-bond donors (Lipinski definition) is 1. The number of benzene rings is 2. The molecule has 0 aliphatic heterocycles. The predicted molar refractivity (Wildman–Crippen MR) is 83.8 cm³/mol. The van der Waals surface area contributed by atoms with Crippen LogP contribution in [-0.4, -0.2) is 0 Å². The number of para-hydroxylation sites is 1. The van der Waals surface area contributed by atoms with Gasteiger partial charge in [-0.1, -0.05) is 48.0 Å². The molecule has 0 radical (unpaired) electrons. The first-order chi connectivity index (χ1) is 9.20. The molecule has 0 aromatic heterocycles. The lowest BCUT2D eigenvalue weighted by molar-refractivity contribution is 0.798. The van der Waals surface area contributed by atoms with Gasteiger partial charge >= 0.3 is 0 Å². The molecule has 0 bridgehead atoms. The van der Waals surface area contributed by atoms with E-state index in [0.29, 0.717) is 0 Å². The molecule has 1 unspecified atom stereocenters. The number of rotatable bonds is 5. The van der Waals surface area contributed by atoms with Crippen molar-refractivity contribution in [3.05, 3.63) is 77.3 Å². The fourth-order valence-corrected chi connectivity index (χ4v) is 2.19. The summed E-state index contributed by atoms with van der Waals surface area (Å²) >= 11 is 5.94. The number of nitrogens with one attached hydrogen (secondary N) is 1. The van der Waals surface area contributed by atoms with Gasteiger partial charge in [-0.05, 0) is 42.7 Å². The normalized spacial score (nSPS) is 11.9. The molecular formula is C17H18ClN. The molecule has 2 aromatic carbocycles. The molecular weight excluding hydrogens is 254 g/mol. The van der Waals surface area contributed by atoms with E-state index >= 15 is 0 Å². The minimum Gasteiger partial charge on any atom is -0.378 e. The Morgan fingerprint density at radius 1 is 1.16 bits per heavy atom. The lowest BCUT2D eigenvalue weighted by Gasteiger charge is -2.20. The van der Waals surface area contributed by atoms with Crippen molar-refractivity contribution >= 4 is 17.3 Å². The van der Waals surface area contributed by atoms with E-state index in [1.165, 1.54) is 11.1 Å². The molecule has 0 aliphatic rings. The van der Waals surface area contributed by atoms with Crippen LogP contribution in [0, 0.1) is 6.92 Å². The Balaban J connectivity index is 2.23. The van der Waals surface area contributed by atoms with E-state index in [1.807, 2.05) is 30.3 Å². The van der Waals surface area contributed by atoms with Gasteiger partial charge in [-0.25, -0.2) is 0 Å². The SMILES string of the molecule is C=CCC(Nc1ccccc1C)c1ccc(Cl)cc1. The fourth-order valence-electron chi connectivity index (χ4n) is 2.06. The molecule has 2 rings (SSSR count). The van der Waals surface area contributed by atoms with Crippen LogP contribution < -0.4 is 5.32 Å². The van der Waals surface area contributed by atoms with Crippen LogP contribution in [0.1, 0.15) is 23.6 Å². The Morgan fingerprint density at radius 2 is 1.84 bits per heavy atom. The highest BCUT2D eigenvalue weighted by Gasteiger charge is 2.10. The van der Waals surface area contributed by atoms with Gasteiger partial charge in [0.2, 0.25) is 0 Å². The second kappa shape index (κ2) is 6.44. The average molecular weight is 272 g/mol. The summed E-state index contributed by atoms with van der Waals surface area (Å²) in [6, 6.07) is 16.5. The van der Waals surface area contributed by atoms with Gasteiger partial charge in [-0.2, -0.15) is 0 Å². The van der Waals surface area contributed by atoms with E-state index in [0.717, 1.165) is 17.1 Å². The number of halogens is 1. The van der Waals surface area contributed by atoms with E-state index in [4.69, 9.17) is 11.6 Å². The van der Waals surface area contributed by atoms with Gasteiger partial charge in [-0.3, -0.25) is 0 Å². The zero-order chi connectivity index (χ0) is 13.7. The third-order valence-corrected chi connectivity index (χ3v) is 3.40. The average Bonchev–Trinajstić information content (AvgIpc) is 2.42. The molecule has 19 heavy (non-hydrogen) atoms. The zero-order valence-corrected chi connectivity index (χ0v) is 11.8. The first-order valence-corrected chi connectivity index (χ1v) is 6.77. The van der Waals surface area contributed by atoms with Gasteiger partial charge in [0.05, 0.1) is 6.04 Å². The molecule has 0 aliphatic carbocycles. The van der Waals surface area contributed by atoms with Crippen molar-refractivity contribution in [3.8, 4) is 0 Å². The maximum absolute atomic E-state index is 5.94. The molecule has 0 spiro atoms. The van der Waals surface area contributed by atoms with Crippen LogP contribution in [0.25, 0.3) is 0 Å². The molecule has 98 valence electrons. The molecule has 0 fully saturated rings. The maximum atomic E-state index is 5.94. The van der Waals surface area contributed by atoms with Gasteiger partial charge in [-0.15, -0.1) is 6.58 Å². The first-order valence-electron chi connectivity index (χ1n) is 6.39. The second-order valence-electron chi connectivity index (χ2n) is 4.59. The smallest absolute Gasteiger partial charge is 0.0548 e. The Morgan fingerprint density at radius 3 is 2.47 bits per heavy atom. The zero-order valence-electron chi connectivity index (χ0n) is 11.1. The van der Waals surface area contributed by atoms with Gasteiger partial charge in [0.25, 0.3) is 0 Å². The van der Waals surface area contributed by atoms with Crippen LogP contribution in [0.5, 0.6) is 0 Å². The van der Waals surface area contributed by atoms with Crippen LogP contribution in [0.15, 0.2) is 61.2 Å². The molecule has 1 atom stereocenters. The minimum atomic E-state index is 0.218. The van der Waals surface area contributed by atoms with E-state index in [2.05, 4.69) is 43.1 Å². The maximum Gasteiger partial charge on any atom is 0.0548 e. The number of aryl methyl sites for hydroxylation is 1. The molecule has 1 nitrogen and oxygen atoms in total. The summed E-state index contributed by atoms with van der Waals surface area (Å²) < 4.78 is 0. The summed E-state index contributed by atoms with van der Waals surface area (Å²) in [6.07, 6.45) is 2.81. The van der Waals surface area contributed by atoms with Crippen molar-refractivity contribution in [3.63, 3.8) is 0 Å². The minimum absolute atomic E-state index is 0.218. The van der Waals surface area contributed by atoms with Crippen LogP contribution in [0.3, 0.4) is 0 Å². The van der Waals surface area contributed by atoms with Crippen molar-refractivity contribution in [2.45, 2.75) is 19.4 Å². The van der Waals surface area contributed by atoms with Gasteiger partial charge < -0.3 is 5.32 Å². The van der Waals surface area contributed by atoms with E-state index in [-0.39, 0.29) is 6.04 Å².